The van der Waals surface area contributed by atoms with Crippen molar-refractivity contribution in [2.45, 2.75) is 34.2 Å². The fourth-order valence-corrected chi connectivity index (χ4v) is 4.34. The number of fused-ring (bicyclic) bond motifs is 1. The van der Waals surface area contributed by atoms with E-state index >= 15 is 0 Å². The molecule has 6 heteroatoms. The normalized spacial score (nSPS) is 15.4. The Morgan fingerprint density at radius 1 is 1.07 bits per heavy atom. The number of ether oxygens (including phenoxy) is 2. The topological polar surface area (TPSA) is 47.5 Å². The van der Waals surface area contributed by atoms with Gasteiger partial charge in [-0.05, 0) is 50.5 Å². The van der Waals surface area contributed by atoms with E-state index in [4.69, 9.17) is 19.4 Å². The van der Waals surface area contributed by atoms with Crippen LogP contribution in [0.5, 0.6) is 11.6 Å². The summed E-state index contributed by atoms with van der Waals surface area (Å²) in [4.78, 5) is 14.3. The summed E-state index contributed by atoms with van der Waals surface area (Å²) in [6, 6.07) is 6.13. The maximum Gasteiger partial charge on any atom is 0.231 e. The maximum atomic E-state index is 6.34. The summed E-state index contributed by atoms with van der Waals surface area (Å²) in [5, 5.41) is 1.03. The van der Waals surface area contributed by atoms with Crippen molar-refractivity contribution in [2.24, 2.45) is 0 Å². The molecular formula is C21H25N3O2S. The van der Waals surface area contributed by atoms with Crippen LogP contribution in [0.3, 0.4) is 0 Å². The number of morpholine rings is 1. The van der Waals surface area contributed by atoms with E-state index in [-0.39, 0.29) is 0 Å². The van der Waals surface area contributed by atoms with Crippen LogP contribution in [0.2, 0.25) is 0 Å². The summed E-state index contributed by atoms with van der Waals surface area (Å²) >= 11 is 1.71. The summed E-state index contributed by atoms with van der Waals surface area (Å²) in [6.07, 6.45) is 0. The van der Waals surface area contributed by atoms with Crippen LogP contribution in [0, 0.1) is 27.7 Å². The van der Waals surface area contributed by atoms with E-state index in [2.05, 4.69) is 38.7 Å². The van der Waals surface area contributed by atoms with Gasteiger partial charge < -0.3 is 9.47 Å². The van der Waals surface area contributed by atoms with Crippen LogP contribution < -0.4 is 4.74 Å². The molecule has 0 spiro atoms. The third-order valence-electron chi connectivity index (χ3n) is 5.27. The minimum absolute atomic E-state index is 0.666. The van der Waals surface area contributed by atoms with Crippen molar-refractivity contribution in [2.75, 3.05) is 26.3 Å². The van der Waals surface area contributed by atoms with Gasteiger partial charge in [-0.3, -0.25) is 4.90 Å². The van der Waals surface area contributed by atoms with Gasteiger partial charge in [-0.25, -0.2) is 4.98 Å². The first kappa shape index (κ1) is 18.3. The van der Waals surface area contributed by atoms with Gasteiger partial charge in [-0.15, -0.1) is 11.3 Å². The molecule has 0 amide bonds. The van der Waals surface area contributed by atoms with Crippen LogP contribution >= 0.6 is 11.3 Å². The lowest BCUT2D eigenvalue weighted by atomic mass is 10.1. The van der Waals surface area contributed by atoms with Crippen molar-refractivity contribution in [3.05, 3.63) is 45.6 Å². The predicted molar refractivity (Wildman–Crippen MR) is 109 cm³/mol. The van der Waals surface area contributed by atoms with Gasteiger partial charge in [0.25, 0.3) is 0 Å². The van der Waals surface area contributed by atoms with E-state index in [0.29, 0.717) is 5.88 Å². The van der Waals surface area contributed by atoms with E-state index < -0.39 is 0 Å². The smallest absolute Gasteiger partial charge is 0.231 e. The number of hydrogen-bond acceptors (Lipinski definition) is 6. The summed E-state index contributed by atoms with van der Waals surface area (Å²) in [5.74, 6) is 2.33. The highest BCUT2D eigenvalue weighted by Gasteiger charge is 2.19. The number of aromatic nitrogens is 2. The summed E-state index contributed by atoms with van der Waals surface area (Å²) in [7, 11) is 0. The fraction of sp³-hybridized carbons (Fsp3) is 0.429. The zero-order valence-corrected chi connectivity index (χ0v) is 17.2. The van der Waals surface area contributed by atoms with Gasteiger partial charge in [-0.2, -0.15) is 4.98 Å². The van der Waals surface area contributed by atoms with E-state index in [0.717, 1.165) is 60.2 Å². The maximum absolute atomic E-state index is 6.34. The Kier molecular flexibility index (Phi) is 5.12. The molecule has 0 aliphatic carbocycles. The molecule has 0 N–H and O–H groups in total. The molecule has 0 unspecified atom stereocenters. The Morgan fingerprint density at radius 2 is 1.85 bits per heavy atom. The zero-order valence-electron chi connectivity index (χ0n) is 16.3. The van der Waals surface area contributed by atoms with Crippen LogP contribution in [0.25, 0.3) is 10.2 Å². The third kappa shape index (κ3) is 3.70. The van der Waals surface area contributed by atoms with Crippen LogP contribution in [0.1, 0.15) is 27.4 Å². The lowest BCUT2D eigenvalue weighted by Crippen LogP contribution is -2.36. The van der Waals surface area contributed by atoms with Gasteiger partial charge in [0.05, 0.1) is 25.1 Å². The van der Waals surface area contributed by atoms with Crippen molar-refractivity contribution in [1.82, 2.24) is 14.9 Å². The Balaban J connectivity index is 1.75. The van der Waals surface area contributed by atoms with Crippen LogP contribution in [-0.2, 0) is 11.3 Å². The van der Waals surface area contributed by atoms with Crippen molar-refractivity contribution in [3.8, 4) is 11.6 Å². The van der Waals surface area contributed by atoms with Gasteiger partial charge in [0.1, 0.15) is 16.4 Å². The monoisotopic (exact) mass is 383 g/mol. The highest BCUT2D eigenvalue weighted by molar-refractivity contribution is 7.18. The van der Waals surface area contributed by atoms with E-state index in [9.17, 15) is 0 Å². The third-order valence-corrected chi connectivity index (χ3v) is 6.37. The minimum atomic E-state index is 0.666. The van der Waals surface area contributed by atoms with Crippen molar-refractivity contribution in [3.63, 3.8) is 0 Å². The van der Waals surface area contributed by atoms with Gasteiger partial charge in [0.2, 0.25) is 5.88 Å². The van der Waals surface area contributed by atoms with Crippen molar-refractivity contribution < 1.29 is 9.47 Å². The number of nitrogens with zero attached hydrogens (tertiary/aromatic N) is 3. The fourth-order valence-electron chi connectivity index (χ4n) is 3.30. The zero-order chi connectivity index (χ0) is 19.0. The van der Waals surface area contributed by atoms with Gasteiger partial charge in [-0.1, -0.05) is 12.1 Å². The number of rotatable bonds is 4. The molecule has 1 fully saturated rings. The Hall–Kier alpha value is -2.02. The molecule has 0 bridgehead atoms. The molecule has 0 radical (unpaired) electrons. The molecule has 5 nitrogen and oxygen atoms in total. The van der Waals surface area contributed by atoms with Crippen molar-refractivity contribution >= 4 is 21.6 Å². The molecular weight excluding hydrogens is 358 g/mol. The molecule has 1 saturated heterocycles. The van der Waals surface area contributed by atoms with Crippen LogP contribution in [0.15, 0.2) is 18.2 Å². The first-order valence-electron chi connectivity index (χ1n) is 9.33. The van der Waals surface area contributed by atoms with Gasteiger partial charge in [0.15, 0.2) is 0 Å². The number of thiophene rings is 1. The molecule has 142 valence electrons. The molecule has 4 rings (SSSR count). The van der Waals surface area contributed by atoms with E-state index in [1.54, 1.807) is 11.3 Å². The second kappa shape index (κ2) is 7.54. The summed E-state index contributed by atoms with van der Waals surface area (Å²) in [6.45, 7) is 12.5. The van der Waals surface area contributed by atoms with E-state index in [1.807, 2.05) is 12.1 Å². The molecule has 3 heterocycles. The molecule has 0 saturated carbocycles. The van der Waals surface area contributed by atoms with E-state index in [1.165, 1.54) is 16.0 Å². The standard InChI is InChI=1S/C21H25N3O2S/c1-13-6-5-7-17(14(13)2)26-20-19-15(3)16(4)27-21(19)23-18(22-20)12-24-8-10-25-11-9-24/h5-7H,8-12H2,1-4H3. The molecule has 1 aromatic carbocycles. The van der Waals surface area contributed by atoms with Crippen LogP contribution in [-0.4, -0.2) is 41.2 Å². The number of hydrogen-bond donors (Lipinski definition) is 0. The summed E-state index contributed by atoms with van der Waals surface area (Å²) in [5.41, 5.74) is 3.56. The molecule has 3 aromatic rings. The SMILES string of the molecule is Cc1cccc(Oc2nc(CN3CCOCC3)nc3sc(C)c(C)c23)c1C. The first-order valence-corrected chi connectivity index (χ1v) is 10.2. The Bertz CT molecular complexity index is 977. The first-order chi connectivity index (χ1) is 13.0. The second-order valence-electron chi connectivity index (χ2n) is 7.10. The predicted octanol–water partition coefficient (Wildman–Crippen LogP) is 4.55. The molecule has 27 heavy (non-hydrogen) atoms. The Labute approximate surface area is 164 Å². The van der Waals surface area contributed by atoms with Crippen LogP contribution in [0.4, 0.5) is 0 Å². The van der Waals surface area contributed by atoms with Gasteiger partial charge in [0, 0.05) is 18.0 Å². The quantitative estimate of drug-likeness (QED) is 0.661. The number of benzene rings is 1. The molecule has 1 aliphatic heterocycles. The lowest BCUT2D eigenvalue weighted by Gasteiger charge is -2.25. The number of aryl methyl sites for hydroxylation is 3. The second-order valence-corrected chi connectivity index (χ2v) is 8.30. The van der Waals surface area contributed by atoms with Gasteiger partial charge >= 0.3 is 0 Å². The lowest BCUT2D eigenvalue weighted by molar-refractivity contribution is 0.0330. The highest BCUT2D eigenvalue weighted by atomic mass is 32.1. The average Bonchev–Trinajstić information content (AvgIpc) is 2.94. The highest BCUT2D eigenvalue weighted by Crippen LogP contribution is 2.37. The summed E-state index contributed by atoms with van der Waals surface area (Å²) < 4.78 is 11.8. The van der Waals surface area contributed by atoms with Crippen molar-refractivity contribution in [1.29, 1.82) is 0 Å². The molecule has 2 aromatic heterocycles. The average molecular weight is 384 g/mol. The molecule has 0 atom stereocenters. The largest absolute Gasteiger partial charge is 0.438 e. The molecule has 1 aliphatic rings. The Morgan fingerprint density at radius 3 is 2.63 bits per heavy atom. The minimum Gasteiger partial charge on any atom is -0.438 e.